The number of nitrogens with zero attached hydrogens (tertiary/aromatic N) is 1. The first-order chi connectivity index (χ1) is 12.1. The minimum Gasteiger partial charge on any atom is -0.508 e. The van der Waals surface area contributed by atoms with Crippen LogP contribution in [0.25, 0.3) is 0 Å². The molecule has 25 heavy (non-hydrogen) atoms. The number of carbonyl (C=O) groups is 1. The fraction of sp³-hybridized carbons (Fsp3) is 0.350. The number of carbonyl (C=O) groups excluding carboxylic acids is 1. The summed E-state index contributed by atoms with van der Waals surface area (Å²) in [6.07, 6.45) is 1.86. The number of hydrogen-bond acceptors (Lipinski definition) is 4. The second-order valence-corrected chi connectivity index (χ2v) is 6.88. The van der Waals surface area contributed by atoms with Crippen LogP contribution >= 0.6 is 11.6 Å². The molecular formula is C20H22ClNO3. The van der Waals surface area contributed by atoms with E-state index in [1.807, 2.05) is 6.07 Å². The van der Waals surface area contributed by atoms with Gasteiger partial charge in [-0.3, -0.25) is 9.69 Å². The Morgan fingerprint density at radius 3 is 2.76 bits per heavy atom. The van der Waals surface area contributed by atoms with Gasteiger partial charge in [-0.2, -0.15) is 0 Å². The first kappa shape index (κ1) is 17.8. The Hall–Kier alpha value is -2.04. The summed E-state index contributed by atoms with van der Waals surface area (Å²) in [5.74, 6) is 1.12. The molecule has 0 bridgehead atoms. The number of methoxy groups -OCH3 is 1. The minimum atomic E-state index is -0.0253. The van der Waals surface area contributed by atoms with E-state index in [2.05, 4.69) is 4.90 Å². The summed E-state index contributed by atoms with van der Waals surface area (Å²) >= 11 is 5.90. The van der Waals surface area contributed by atoms with E-state index in [1.165, 1.54) is 0 Å². The van der Waals surface area contributed by atoms with Gasteiger partial charge >= 0.3 is 0 Å². The third kappa shape index (κ3) is 4.33. The van der Waals surface area contributed by atoms with Gasteiger partial charge in [0, 0.05) is 35.2 Å². The molecule has 3 rings (SSSR count). The maximum atomic E-state index is 12.7. The van der Waals surface area contributed by atoms with Crippen LogP contribution in [-0.4, -0.2) is 36.0 Å². The molecule has 1 fully saturated rings. The molecule has 1 saturated heterocycles. The highest BCUT2D eigenvalue weighted by atomic mass is 35.5. The number of phenols is 1. The van der Waals surface area contributed by atoms with Crippen LogP contribution < -0.4 is 4.74 Å². The lowest BCUT2D eigenvalue weighted by molar-refractivity contribution is 0.0811. The zero-order valence-corrected chi connectivity index (χ0v) is 15.0. The average Bonchev–Trinajstić information content (AvgIpc) is 2.64. The van der Waals surface area contributed by atoms with Gasteiger partial charge in [-0.25, -0.2) is 0 Å². The van der Waals surface area contributed by atoms with Crippen molar-refractivity contribution in [2.45, 2.75) is 19.4 Å². The largest absolute Gasteiger partial charge is 0.508 e. The summed E-state index contributed by atoms with van der Waals surface area (Å²) in [5.41, 5.74) is 1.53. The fourth-order valence-corrected chi connectivity index (χ4v) is 3.45. The first-order valence-electron chi connectivity index (χ1n) is 8.45. The Labute approximate surface area is 153 Å². The molecule has 4 nitrogen and oxygen atoms in total. The van der Waals surface area contributed by atoms with E-state index in [4.69, 9.17) is 16.3 Å². The van der Waals surface area contributed by atoms with Crippen molar-refractivity contribution in [3.8, 4) is 11.5 Å². The molecule has 0 saturated carbocycles. The van der Waals surface area contributed by atoms with E-state index in [9.17, 15) is 9.90 Å². The van der Waals surface area contributed by atoms with Gasteiger partial charge in [0.25, 0.3) is 0 Å². The summed E-state index contributed by atoms with van der Waals surface area (Å²) in [4.78, 5) is 15.0. The topological polar surface area (TPSA) is 49.8 Å². The van der Waals surface area contributed by atoms with Crippen LogP contribution in [0.2, 0.25) is 5.02 Å². The molecule has 0 spiro atoms. The van der Waals surface area contributed by atoms with E-state index >= 15 is 0 Å². The predicted molar refractivity (Wildman–Crippen MR) is 98.4 cm³/mol. The predicted octanol–water partition coefficient (Wildman–Crippen LogP) is 4.15. The van der Waals surface area contributed by atoms with Crippen molar-refractivity contribution in [3.05, 3.63) is 58.6 Å². The molecule has 5 heteroatoms. The van der Waals surface area contributed by atoms with Gasteiger partial charge in [-0.1, -0.05) is 11.6 Å². The lowest BCUT2D eigenvalue weighted by atomic mass is 9.90. The van der Waals surface area contributed by atoms with E-state index in [0.29, 0.717) is 23.7 Å². The molecule has 0 amide bonds. The molecule has 0 aromatic heterocycles. The quantitative estimate of drug-likeness (QED) is 0.815. The molecule has 2 aromatic rings. The van der Waals surface area contributed by atoms with Crippen LogP contribution in [0.3, 0.4) is 0 Å². The smallest absolute Gasteiger partial charge is 0.167 e. The van der Waals surface area contributed by atoms with Gasteiger partial charge in [-0.05, 0) is 61.9 Å². The molecule has 1 N–H and O–H groups in total. The number of ether oxygens (including phenoxy) is 1. The molecule has 0 radical (unpaired) electrons. The third-order valence-corrected chi connectivity index (χ3v) is 4.94. The number of rotatable bonds is 5. The summed E-state index contributed by atoms with van der Waals surface area (Å²) < 4.78 is 5.23. The first-order valence-corrected chi connectivity index (χ1v) is 8.82. The monoisotopic (exact) mass is 359 g/mol. The highest BCUT2D eigenvalue weighted by Gasteiger charge is 2.27. The molecule has 132 valence electrons. The molecule has 1 aliphatic rings. The van der Waals surface area contributed by atoms with Gasteiger partial charge in [0.1, 0.15) is 11.5 Å². The number of Topliss-reactive ketones (excluding diaryl/α,β-unsaturated/α-hetero) is 1. The normalized spacial score (nSPS) is 18.1. The van der Waals surface area contributed by atoms with Crippen LogP contribution in [0, 0.1) is 5.92 Å². The number of ketones is 1. The number of piperidine rings is 1. The second kappa shape index (κ2) is 7.89. The summed E-state index contributed by atoms with van der Waals surface area (Å²) in [6.45, 7) is 2.21. The van der Waals surface area contributed by atoms with Gasteiger partial charge in [-0.15, -0.1) is 0 Å². The van der Waals surface area contributed by atoms with Crippen LogP contribution in [0.15, 0.2) is 42.5 Å². The molecular weight excluding hydrogens is 338 g/mol. The summed E-state index contributed by atoms with van der Waals surface area (Å²) in [6, 6.07) is 12.3. The van der Waals surface area contributed by atoms with Crippen molar-refractivity contribution >= 4 is 17.4 Å². The van der Waals surface area contributed by atoms with Crippen LogP contribution in [0.4, 0.5) is 0 Å². The Morgan fingerprint density at radius 1 is 1.28 bits per heavy atom. The van der Waals surface area contributed by atoms with E-state index in [-0.39, 0.29) is 17.5 Å². The van der Waals surface area contributed by atoms with Crippen molar-refractivity contribution in [1.29, 1.82) is 0 Å². The van der Waals surface area contributed by atoms with E-state index < -0.39 is 0 Å². The zero-order valence-electron chi connectivity index (χ0n) is 14.2. The van der Waals surface area contributed by atoms with E-state index in [1.54, 1.807) is 43.5 Å². The highest BCUT2D eigenvalue weighted by molar-refractivity contribution is 6.30. The van der Waals surface area contributed by atoms with Crippen molar-refractivity contribution < 1.29 is 14.6 Å². The van der Waals surface area contributed by atoms with E-state index in [0.717, 1.165) is 30.7 Å². The number of phenolic OH excluding ortho intramolecular Hbond substituents is 1. The molecule has 1 atom stereocenters. The number of aromatic hydroxyl groups is 1. The average molecular weight is 360 g/mol. The lowest BCUT2D eigenvalue weighted by Gasteiger charge is -2.32. The SMILES string of the molecule is COc1ccc(O)c(CN2CCC[C@@H](C(=O)c3ccc(Cl)cc3)C2)c1. The zero-order chi connectivity index (χ0) is 17.8. The fourth-order valence-electron chi connectivity index (χ4n) is 3.32. The van der Waals surface area contributed by atoms with Gasteiger partial charge in [0.2, 0.25) is 0 Å². The molecule has 1 heterocycles. The molecule has 1 aliphatic heterocycles. The molecule has 0 unspecified atom stereocenters. The van der Waals surface area contributed by atoms with Crippen LogP contribution in [0.1, 0.15) is 28.8 Å². The Bertz CT molecular complexity index is 745. The van der Waals surface area contributed by atoms with Crippen molar-refractivity contribution in [3.63, 3.8) is 0 Å². The van der Waals surface area contributed by atoms with Crippen molar-refractivity contribution in [2.24, 2.45) is 5.92 Å². The maximum Gasteiger partial charge on any atom is 0.167 e. The van der Waals surface area contributed by atoms with Crippen LogP contribution in [0.5, 0.6) is 11.5 Å². The minimum absolute atomic E-state index is 0.0253. The number of likely N-dealkylation sites (tertiary alicyclic amines) is 1. The van der Waals surface area contributed by atoms with Crippen LogP contribution in [-0.2, 0) is 6.54 Å². The number of benzene rings is 2. The van der Waals surface area contributed by atoms with Crippen molar-refractivity contribution in [1.82, 2.24) is 4.90 Å². The summed E-state index contributed by atoms with van der Waals surface area (Å²) in [7, 11) is 1.61. The Morgan fingerprint density at radius 2 is 2.04 bits per heavy atom. The summed E-state index contributed by atoms with van der Waals surface area (Å²) in [5, 5.41) is 10.7. The maximum absolute atomic E-state index is 12.7. The second-order valence-electron chi connectivity index (χ2n) is 6.44. The number of hydrogen-bond donors (Lipinski definition) is 1. The van der Waals surface area contributed by atoms with Gasteiger partial charge < -0.3 is 9.84 Å². The highest BCUT2D eigenvalue weighted by Crippen LogP contribution is 2.27. The number of halogens is 1. The Kier molecular flexibility index (Phi) is 5.61. The molecule has 0 aliphatic carbocycles. The standard InChI is InChI=1S/C20H22ClNO3/c1-25-18-8-9-19(23)16(11-18)13-22-10-2-3-15(12-22)20(24)14-4-6-17(21)7-5-14/h4-9,11,15,23H,2-3,10,12-13H2,1H3/t15-/m1/s1. The van der Waals surface area contributed by atoms with Crippen molar-refractivity contribution in [2.75, 3.05) is 20.2 Å². The lowest BCUT2D eigenvalue weighted by Crippen LogP contribution is -2.38. The Balaban J connectivity index is 1.69. The third-order valence-electron chi connectivity index (χ3n) is 4.69. The van der Waals surface area contributed by atoms with Gasteiger partial charge in [0.05, 0.1) is 7.11 Å². The van der Waals surface area contributed by atoms with Gasteiger partial charge in [0.15, 0.2) is 5.78 Å². The molecule has 2 aromatic carbocycles.